The van der Waals surface area contributed by atoms with Gasteiger partial charge in [0, 0.05) is 4.88 Å². The Labute approximate surface area is 106 Å². The van der Waals surface area contributed by atoms with E-state index in [4.69, 9.17) is 0 Å². The maximum atomic E-state index is 4.14. The fourth-order valence-electron chi connectivity index (χ4n) is 1.88. The van der Waals surface area contributed by atoms with Gasteiger partial charge in [-0.05, 0) is 30.4 Å². The molecule has 0 aromatic carbocycles. The molecular formula is C13H19N3S. The first-order valence-corrected chi connectivity index (χ1v) is 6.83. The molecule has 0 unspecified atom stereocenters. The highest BCUT2D eigenvalue weighted by Gasteiger charge is 2.16. The Kier molecular flexibility index (Phi) is 3.33. The van der Waals surface area contributed by atoms with E-state index in [0.29, 0.717) is 11.8 Å². The summed E-state index contributed by atoms with van der Waals surface area (Å²) in [5.41, 5.74) is 2.39. The first-order chi connectivity index (χ1) is 7.99. The van der Waals surface area contributed by atoms with Crippen molar-refractivity contribution < 1.29 is 0 Å². The second-order valence-electron chi connectivity index (χ2n) is 5.02. The summed E-state index contributed by atoms with van der Waals surface area (Å²) in [5.74, 6) is 1.12. The summed E-state index contributed by atoms with van der Waals surface area (Å²) < 4.78 is 1.87. The van der Waals surface area contributed by atoms with Gasteiger partial charge < -0.3 is 0 Å². The minimum absolute atomic E-state index is 0.557. The van der Waals surface area contributed by atoms with Crippen LogP contribution in [0.2, 0.25) is 0 Å². The molecule has 0 aliphatic rings. The van der Waals surface area contributed by atoms with Crippen molar-refractivity contribution in [3.8, 4) is 5.00 Å². The lowest BCUT2D eigenvalue weighted by molar-refractivity contribution is 0.799. The second-order valence-corrected chi connectivity index (χ2v) is 6.08. The fourth-order valence-corrected chi connectivity index (χ4v) is 3.12. The van der Waals surface area contributed by atoms with Crippen LogP contribution in [0.3, 0.4) is 0 Å². The van der Waals surface area contributed by atoms with Gasteiger partial charge in [-0.3, -0.25) is 0 Å². The SMILES string of the molecule is Cc1cn(-c2cc(C(C)C)c(C(C)C)s2)nn1. The predicted octanol–water partition coefficient (Wildman–Crippen LogP) is 3.88. The highest BCUT2D eigenvalue weighted by Crippen LogP contribution is 2.35. The van der Waals surface area contributed by atoms with Gasteiger partial charge in [-0.2, -0.15) is 0 Å². The number of hydrogen-bond donors (Lipinski definition) is 0. The summed E-state index contributed by atoms with van der Waals surface area (Å²) in [6.07, 6.45) is 1.97. The Morgan fingerprint density at radius 3 is 2.29 bits per heavy atom. The van der Waals surface area contributed by atoms with Crippen LogP contribution in [0.25, 0.3) is 5.00 Å². The van der Waals surface area contributed by atoms with Crippen molar-refractivity contribution in [3.05, 3.63) is 28.4 Å². The van der Waals surface area contributed by atoms with E-state index in [2.05, 4.69) is 44.1 Å². The third-order valence-electron chi connectivity index (χ3n) is 2.76. The molecule has 2 aromatic heterocycles. The van der Waals surface area contributed by atoms with E-state index in [1.807, 2.05) is 29.1 Å². The van der Waals surface area contributed by atoms with Crippen LogP contribution in [0.5, 0.6) is 0 Å². The number of nitrogens with zero attached hydrogens (tertiary/aromatic N) is 3. The van der Waals surface area contributed by atoms with Crippen LogP contribution in [0.15, 0.2) is 12.3 Å². The molecule has 0 bridgehead atoms. The van der Waals surface area contributed by atoms with Gasteiger partial charge in [0.25, 0.3) is 0 Å². The number of thiophene rings is 1. The van der Waals surface area contributed by atoms with Crippen molar-refractivity contribution in [2.45, 2.75) is 46.5 Å². The molecule has 0 amide bonds. The fraction of sp³-hybridized carbons (Fsp3) is 0.538. The summed E-state index contributed by atoms with van der Waals surface area (Å²) >= 11 is 1.82. The number of hydrogen-bond acceptors (Lipinski definition) is 3. The van der Waals surface area contributed by atoms with Crippen molar-refractivity contribution in [2.75, 3.05) is 0 Å². The van der Waals surface area contributed by atoms with Crippen LogP contribution in [-0.4, -0.2) is 15.0 Å². The maximum absolute atomic E-state index is 4.14. The average molecular weight is 249 g/mol. The first-order valence-electron chi connectivity index (χ1n) is 6.02. The maximum Gasteiger partial charge on any atom is 0.119 e. The quantitative estimate of drug-likeness (QED) is 0.826. The highest BCUT2D eigenvalue weighted by atomic mass is 32.1. The molecular weight excluding hydrogens is 230 g/mol. The lowest BCUT2D eigenvalue weighted by Crippen LogP contribution is -1.92. The standard InChI is InChI=1S/C13H19N3S/c1-8(2)11-6-12(17-13(11)9(3)4)16-7-10(5)14-15-16/h6-9H,1-5H3. The van der Waals surface area contributed by atoms with Gasteiger partial charge in [-0.15, -0.1) is 16.4 Å². The number of aryl methyl sites for hydroxylation is 1. The summed E-state index contributed by atoms with van der Waals surface area (Å²) in [6, 6.07) is 2.25. The molecule has 92 valence electrons. The van der Waals surface area contributed by atoms with Crippen LogP contribution >= 0.6 is 11.3 Å². The average Bonchev–Trinajstić information content (AvgIpc) is 2.82. The summed E-state index contributed by atoms with van der Waals surface area (Å²) in [4.78, 5) is 1.46. The lowest BCUT2D eigenvalue weighted by Gasteiger charge is -2.08. The molecule has 4 heteroatoms. The van der Waals surface area contributed by atoms with Gasteiger partial charge in [0.1, 0.15) is 5.00 Å². The number of rotatable bonds is 3. The molecule has 0 aliphatic carbocycles. The molecule has 0 spiro atoms. The Morgan fingerprint density at radius 1 is 1.18 bits per heavy atom. The molecule has 0 saturated carbocycles. The van der Waals surface area contributed by atoms with Crippen molar-refractivity contribution in [3.63, 3.8) is 0 Å². The van der Waals surface area contributed by atoms with Gasteiger partial charge in [0.05, 0.1) is 11.9 Å². The molecule has 0 saturated heterocycles. The summed E-state index contributed by atoms with van der Waals surface area (Å²) in [5, 5.41) is 9.34. The van der Waals surface area contributed by atoms with Crippen molar-refractivity contribution in [2.24, 2.45) is 0 Å². The summed E-state index contributed by atoms with van der Waals surface area (Å²) in [6.45, 7) is 10.9. The van der Waals surface area contributed by atoms with Gasteiger partial charge in [-0.25, -0.2) is 4.68 Å². The monoisotopic (exact) mass is 249 g/mol. The van der Waals surface area contributed by atoms with Gasteiger partial charge in [0.15, 0.2) is 0 Å². The second kappa shape index (κ2) is 4.61. The van der Waals surface area contributed by atoms with Crippen molar-refractivity contribution in [1.82, 2.24) is 15.0 Å². The Bertz CT molecular complexity index is 483. The summed E-state index contributed by atoms with van der Waals surface area (Å²) in [7, 11) is 0. The predicted molar refractivity (Wildman–Crippen MR) is 72.2 cm³/mol. The van der Waals surface area contributed by atoms with Crippen LogP contribution in [-0.2, 0) is 0 Å². The Balaban J connectivity index is 2.47. The molecule has 17 heavy (non-hydrogen) atoms. The number of aromatic nitrogens is 3. The molecule has 0 aliphatic heterocycles. The zero-order valence-corrected chi connectivity index (χ0v) is 11.9. The van der Waals surface area contributed by atoms with E-state index in [9.17, 15) is 0 Å². The molecule has 0 fully saturated rings. The molecule has 2 aromatic rings. The molecule has 2 rings (SSSR count). The molecule has 0 N–H and O–H groups in total. The zero-order valence-electron chi connectivity index (χ0n) is 11.1. The first kappa shape index (κ1) is 12.3. The Morgan fingerprint density at radius 2 is 1.88 bits per heavy atom. The molecule has 3 nitrogen and oxygen atoms in total. The third kappa shape index (κ3) is 2.41. The van der Waals surface area contributed by atoms with Crippen molar-refractivity contribution in [1.29, 1.82) is 0 Å². The van der Waals surface area contributed by atoms with Crippen LogP contribution in [0, 0.1) is 6.92 Å². The topological polar surface area (TPSA) is 30.7 Å². The molecule has 2 heterocycles. The Hall–Kier alpha value is -1.16. The van der Waals surface area contributed by atoms with E-state index < -0.39 is 0 Å². The van der Waals surface area contributed by atoms with E-state index >= 15 is 0 Å². The molecule has 0 atom stereocenters. The minimum Gasteiger partial charge on any atom is -0.210 e. The van der Waals surface area contributed by atoms with Gasteiger partial charge in [-0.1, -0.05) is 32.9 Å². The largest absolute Gasteiger partial charge is 0.210 e. The van der Waals surface area contributed by atoms with E-state index in [0.717, 1.165) is 10.7 Å². The van der Waals surface area contributed by atoms with Crippen molar-refractivity contribution >= 4 is 11.3 Å². The van der Waals surface area contributed by atoms with Gasteiger partial charge in [0.2, 0.25) is 0 Å². The smallest absolute Gasteiger partial charge is 0.119 e. The highest BCUT2D eigenvalue weighted by molar-refractivity contribution is 7.14. The van der Waals surface area contributed by atoms with Crippen LogP contribution < -0.4 is 0 Å². The van der Waals surface area contributed by atoms with E-state index in [-0.39, 0.29) is 0 Å². The van der Waals surface area contributed by atoms with E-state index in [1.54, 1.807) is 0 Å². The molecule has 0 radical (unpaired) electrons. The minimum atomic E-state index is 0.557. The van der Waals surface area contributed by atoms with E-state index in [1.165, 1.54) is 10.4 Å². The lowest BCUT2D eigenvalue weighted by atomic mass is 9.99. The van der Waals surface area contributed by atoms with Gasteiger partial charge >= 0.3 is 0 Å². The third-order valence-corrected chi connectivity index (χ3v) is 4.20. The zero-order chi connectivity index (χ0) is 12.6. The van der Waals surface area contributed by atoms with Crippen LogP contribution in [0.4, 0.5) is 0 Å². The van der Waals surface area contributed by atoms with Crippen LogP contribution in [0.1, 0.15) is 55.7 Å². The normalized spacial score (nSPS) is 11.7.